The molecule has 200 valence electrons. The van der Waals surface area contributed by atoms with Gasteiger partial charge in [0.15, 0.2) is 0 Å². The van der Waals surface area contributed by atoms with Crippen molar-refractivity contribution in [1.29, 1.82) is 0 Å². The summed E-state index contributed by atoms with van der Waals surface area (Å²) in [5.74, 6) is 0. The molecular formula is C42H27N. The summed E-state index contributed by atoms with van der Waals surface area (Å²) in [5.41, 5.74) is 8.46. The van der Waals surface area contributed by atoms with Crippen molar-refractivity contribution in [1.82, 2.24) is 0 Å². The number of rotatable bonds is 2. The fraction of sp³-hybridized carbons (Fsp3) is 0. The number of anilines is 3. The molecular weight excluding hydrogens is 518 g/mol. The van der Waals surface area contributed by atoms with E-state index in [-0.39, 0.29) is 0 Å². The van der Waals surface area contributed by atoms with Gasteiger partial charge in [-0.25, -0.2) is 0 Å². The van der Waals surface area contributed by atoms with E-state index < -0.39 is 0 Å². The van der Waals surface area contributed by atoms with Crippen molar-refractivity contribution in [3.05, 3.63) is 163 Å². The molecule has 0 saturated heterocycles. The summed E-state index contributed by atoms with van der Waals surface area (Å²) >= 11 is 0. The van der Waals surface area contributed by atoms with Gasteiger partial charge in [-0.3, -0.25) is 0 Å². The first-order chi connectivity index (χ1) is 21.3. The van der Waals surface area contributed by atoms with Crippen molar-refractivity contribution in [2.45, 2.75) is 0 Å². The minimum atomic E-state index is 1.18. The number of nitrogens with zero attached hydrogens (tertiary/aromatic N) is 1. The summed E-state index contributed by atoms with van der Waals surface area (Å²) in [6.07, 6.45) is 4.48. The maximum atomic E-state index is 2.46. The van der Waals surface area contributed by atoms with Crippen LogP contribution >= 0.6 is 0 Å². The van der Waals surface area contributed by atoms with Gasteiger partial charge in [0.25, 0.3) is 0 Å². The van der Waals surface area contributed by atoms with Crippen molar-refractivity contribution >= 4 is 72.3 Å². The fourth-order valence-corrected chi connectivity index (χ4v) is 6.97. The average Bonchev–Trinajstić information content (AvgIpc) is 3.24. The molecule has 0 atom stereocenters. The van der Waals surface area contributed by atoms with Crippen LogP contribution in [0.2, 0.25) is 0 Å². The monoisotopic (exact) mass is 545 g/mol. The molecule has 43 heavy (non-hydrogen) atoms. The van der Waals surface area contributed by atoms with E-state index in [4.69, 9.17) is 0 Å². The van der Waals surface area contributed by atoms with Crippen LogP contribution in [0.15, 0.2) is 152 Å². The van der Waals surface area contributed by atoms with E-state index in [2.05, 4.69) is 169 Å². The quantitative estimate of drug-likeness (QED) is 0.195. The minimum absolute atomic E-state index is 1.18. The largest absolute Gasteiger partial charge is 0.309 e. The van der Waals surface area contributed by atoms with E-state index >= 15 is 0 Å². The van der Waals surface area contributed by atoms with Crippen LogP contribution in [-0.4, -0.2) is 0 Å². The Morgan fingerprint density at radius 2 is 0.907 bits per heavy atom. The number of hydrogen-bond acceptors (Lipinski definition) is 1. The summed E-state index contributed by atoms with van der Waals surface area (Å²) in [6, 6.07) is 55.5. The van der Waals surface area contributed by atoms with Crippen molar-refractivity contribution in [2.75, 3.05) is 4.90 Å². The topological polar surface area (TPSA) is 3.24 Å². The summed E-state index contributed by atoms with van der Waals surface area (Å²) in [7, 11) is 0. The average molecular weight is 546 g/mol. The maximum absolute atomic E-state index is 2.46. The second-order valence-corrected chi connectivity index (χ2v) is 11.4. The Balaban J connectivity index is 1.40. The van der Waals surface area contributed by atoms with Crippen molar-refractivity contribution in [3.63, 3.8) is 0 Å². The van der Waals surface area contributed by atoms with Gasteiger partial charge in [-0.1, -0.05) is 133 Å². The van der Waals surface area contributed by atoms with Crippen molar-refractivity contribution in [2.24, 2.45) is 0 Å². The van der Waals surface area contributed by atoms with Crippen LogP contribution in [-0.2, 0) is 0 Å². The van der Waals surface area contributed by atoms with Gasteiger partial charge >= 0.3 is 0 Å². The van der Waals surface area contributed by atoms with Gasteiger partial charge in [0.1, 0.15) is 0 Å². The number of para-hydroxylation sites is 2. The van der Waals surface area contributed by atoms with E-state index in [0.717, 1.165) is 0 Å². The summed E-state index contributed by atoms with van der Waals surface area (Å²) < 4.78 is 0. The van der Waals surface area contributed by atoms with Crippen LogP contribution in [0, 0.1) is 0 Å². The second kappa shape index (κ2) is 9.44. The molecule has 8 aromatic carbocycles. The first kappa shape index (κ1) is 24.0. The van der Waals surface area contributed by atoms with Crippen LogP contribution in [0.1, 0.15) is 11.1 Å². The van der Waals surface area contributed by atoms with E-state index in [1.165, 1.54) is 82.4 Å². The molecule has 1 aliphatic rings. The van der Waals surface area contributed by atoms with Gasteiger partial charge in [-0.15, -0.1) is 0 Å². The Labute approximate surface area is 250 Å². The molecule has 0 radical (unpaired) electrons. The molecule has 0 saturated carbocycles. The third-order valence-corrected chi connectivity index (χ3v) is 8.94. The van der Waals surface area contributed by atoms with Gasteiger partial charge in [-0.05, 0) is 90.3 Å². The van der Waals surface area contributed by atoms with E-state index in [9.17, 15) is 0 Å². The number of benzene rings is 8. The molecule has 1 heterocycles. The molecule has 0 amide bonds. The third kappa shape index (κ3) is 3.72. The zero-order chi connectivity index (χ0) is 28.3. The van der Waals surface area contributed by atoms with Crippen LogP contribution < -0.4 is 4.90 Å². The van der Waals surface area contributed by atoms with Gasteiger partial charge in [0.2, 0.25) is 0 Å². The first-order valence-corrected chi connectivity index (χ1v) is 14.9. The molecule has 0 bridgehead atoms. The standard InChI is InChI=1S/C42H27N/c1-2-14-31-25-32(24-21-28(31)11-1)38-26-33-27-41(35-16-6-8-18-37(35)42(33)36-17-7-5-15-34(36)38)43-39-19-9-3-12-29(39)22-23-30-13-4-10-20-40(30)43/h1-27H. The first-order valence-electron chi connectivity index (χ1n) is 14.9. The molecule has 0 spiro atoms. The molecule has 0 aromatic heterocycles. The molecule has 0 aliphatic carbocycles. The molecule has 0 N–H and O–H groups in total. The summed E-state index contributed by atoms with van der Waals surface area (Å²) in [5, 5.41) is 10.1. The van der Waals surface area contributed by atoms with Gasteiger partial charge in [0.05, 0.1) is 17.1 Å². The Morgan fingerprint density at radius 3 is 1.63 bits per heavy atom. The summed E-state index contributed by atoms with van der Waals surface area (Å²) in [4.78, 5) is 2.46. The predicted molar refractivity (Wildman–Crippen MR) is 186 cm³/mol. The third-order valence-electron chi connectivity index (χ3n) is 8.94. The van der Waals surface area contributed by atoms with Crippen LogP contribution in [0.5, 0.6) is 0 Å². The minimum Gasteiger partial charge on any atom is -0.309 e. The Kier molecular flexibility index (Phi) is 5.27. The molecule has 1 heteroatoms. The summed E-state index contributed by atoms with van der Waals surface area (Å²) in [6.45, 7) is 0. The molecule has 9 rings (SSSR count). The lowest BCUT2D eigenvalue weighted by molar-refractivity contribution is 1.29. The molecule has 1 aliphatic heterocycles. The lowest BCUT2D eigenvalue weighted by Crippen LogP contribution is -2.12. The van der Waals surface area contributed by atoms with Crippen molar-refractivity contribution < 1.29 is 0 Å². The molecule has 0 fully saturated rings. The Hall–Kier alpha value is -5.66. The smallest absolute Gasteiger partial charge is 0.0546 e. The van der Waals surface area contributed by atoms with E-state index in [1.54, 1.807) is 0 Å². The van der Waals surface area contributed by atoms with E-state index in [1.807, 2.05) is 0 Å². The van der Waals surface area contributed by atoms with E-state index in [0.29, 0.717) is 0 Å². The van der Waals surface area contributed by atoms with Crippen molar-refractivity contribution in [3.8, 4) is 11.1 Å². The lowest BCUT2D eigenvalue weighted by atomic mass is 9.89. The molecule has 8 aromatic rings. The zero-order valence-electron chi connectivity index (χ0n) is 23.5. The number of hydrogen-bond donors (Lipinski definition) is 0. The lowest BCUT2D eigenvalue weighted by Gasteiger charge is -2.29. The zero-order valence-corrected chi connectivity index (χ0v) is 23.5. The predicted octanol–water partition coefficient (Wildman–Crippen LogP) is 11.9. The Bertz CT molecular complexity index is 2360. The van der Waals surface area contributed by atoms with Gasteiger partial charge < -0.3 is 4.90 Å². The van der Waals surface area contributed by atoms with Crippen LogP contribution in [0.4, 0.5) is 17.1 Å². The highest BCUT2D eigenvalue weighted by molar-refractivity contribution is 6.26. The fourth-order valence-electron chi connectivity index (χ4n) is 6.97. The number of fused-ring (bicyclic) bond motifs is 8. The highest BCUT2D eigenvalue weighted by Crippen LogP contribution is 2.48. The SMILES string of the molecule is C1=Cc2ccccc2N(c2cc3cc(-c4ccc5ccccc5c4)c4ccccc4c3c3ccccc23)c2ccccc21. The highest BCUT2D eigenvalue weighted by Gasteiger charge is 2.23. The highest BCUT2D eigenvalue weighted by atomic mass is 15.1. The van der Waals surface area contributed by atoms with Crippen LogP contribution in [0.25, 0.3) is 66.4 Å². The Morgan fingerprint density at radius 1 is 0.349 bits per heavy atom. The maximum Gasteiger partial charge on any atom is 0.0546 e. The normalized spacial score (nSPS) is 12.5. The van der Waals surface area contributed by atoms with Gasteiger partial charge in [0, 0.05) is 5.39 Å². The van der Waals surface area contributed by atoms with Crippen LogP contribution in [0.3, 0.4) is 0 Å². The molecule has 0 unspecified atom stereocenters. The van der Waals surface area contributed by atoms with Gasteiger partial charge in [-0.2, -0.15) is 0 Å². The molecule has 1 nitrogen and oxygen atoms in total. The second-order valence-electron chi connectivity index (χ2n) is 11.4.